The van der Waals surface area contributed by atoms with Gasteiger partial charge >= 0.3 is 18.2 Å². The van der Waals surface area contributed by atoms with Gasteiger partial charge in [0.15, 0.2) is 5.78 Å². The molecule has 0 aromatic heterocycles. The van der Waals surface area contributed by atoms with Gasteiger partial charge in [-0.2, -0.15) is 22.0 Å². The molecule has 11 heteroatoms. The normalized spacial score (nSPS) is 33.5. The Morgan fingerprint density at radius 2 is 1.69 bits per heavy atom. The number of fused-ring (bicyclic) bond motifs is 4. The second-order valence-electron chi connectivity index (χ2n) is 16.2. The highest BCUT2D eigenvalue weighted by molar-refractivity contribution is 5.93. The molecule has 1 aromatic carbocycles. The minimum absolute atomic E-state index is 0.0445. The summed E-state index contributed by atoms with van der Waals surface area (Å²) in [5, 5.41) is 21.4. The van der Waals surface area contributed by atoms with E-state index in [0.29, 0.717) is 51.7 Å². The number of aliphatic hydroxyl groups is 1. The Morgan fingerprint density at radius 3 is 2.31 bits per heavy atom. The van der Waals surface area contributed by atoms with Crippen LogP contribution in [0, 0.1) is 22.7 Å². The summed E-state index contributed by atoms with van der Waals surface area (Å²) >= 11 is 0. The van der Waals surface area contributed by atoms with Gasteiger partial charge in [0.05, 0.1) is 6.04 Å². The number of ketones is 1. The molecule has 48 heavy (non-hydrogen) atoms. The molecule has 1 aromatic rings. The number of carbonyl (C=O) groups excluding carboxylic acids is 1. The zero-order chi connectivity index (χ0) is 35.0. The van der Waals surface area contributed by atoms with E-state index in [0.717, 1.165) is 34.4 Å². The van der Waals surface area contributed by atoms with Crippen molar-refractivity contribution in [3.63, 3.8) is 0 Å². The second-order valence-corrected chi connectivity index (χ2v) is 16.2. The zero-order valence-corrected chi connectivity index (χ0v) is 28.2. The first-order valence-electron chi connectivity index (χ1n) is 17.2. The molecule has 2 N–H and O–H groups in total. The van der Waals surface area contributed by atoms with Crippen molar-refractivity contribution in [2.75, 3.05) is 19.6 Å². The molecule has 1 unspecified atom stereocenters. The Morgan fingerprint density at radius 1 is 1.00 bits per heavy atom. The summed E-state index contributed by atoms with van der Waals surface area (Å²) in [5.74, 6) is -6.53. The number of nitrogens with zero attached hydrogens (tertiary/aromatic N) is 2. The average Bonchev–Trinajstić information content (AvgIpc) is 3.12. The molecule has 1 saturated heterocycles. The Balaban J connectivity index is 1.35. The summed E-state index contributed by atoms with van der Waals surface area (Å²) in [6.45, 7) is 9.86. The van der Waals surface area contributed by atoms with Crippen molar-refractivity contribution in [1.29, 1.82) is 0 Å². The summed E-state index contributed by atoms with van der Waals surface area (Å²) in [6.07, 6.45) is -3.09. The number of hydrogen-bond acceptors (Lipinski definition) is 4. The molecule has 0 spiro atoms. The maximum atomic E-state index is 15.3. The van der Waals surface area contributed by atoms with Crippen molar-refractivity contribution in [2.24, 2.45) is 22.7 Å². The van der Waals surface area contributed by atoms with E-state index in [9.17, 15) is 33.0 Å². The zero-order valence-electron chi connectivity index (χ0n) is 28.2. The number of carboxylic acid groups (broad SMARTS) is 1. The Bertz CT molecular complexity index is 1510. The molecule has 3 fully saturated rings. The highest BCUT2D eigenvalue weighted by Gasteiger charge is 2.79. The van der Waals surface area contributed by atoms with E-state index in [1.165, 1.54) is 11.8 Å². The van der Waals surface area contributed by atoms with Crippen molar-refractivity contribution in [2.45, 2.75) is 115 Å². The Kier molecular flexibility index (Phi) is 8.71. The van der Waals surface area contributed by atoms with Crippen molar-refractivity contribution >= 4 is 11.9 Å². The first kappa shape index (κ1) is 35.1. The molecule has 1 aliphatic heterocycles. The van der Waals surface area contributed by atoms with Crippen LogP contribution in [-0.4, -0.2) is 75.3 Å². The van der Waals surface area contributed by atoms with E-state index >= 15 is 8.78 Å². The fourth-order valence-corrected chi connectivity index (χ4v) is 10.00. The lowest BCUT2D eigenvalue weighted by Gasteiger charge is -2.56. The average molecular weight is 679 g/mol. The number of allylic oxidation sites excluding steroid dienone is 4. The number of benzene rings is 1. The monoisotopic (exact) mass is 678 g/mol. The molecule has 0 bridgehead atoms. The largest absolute Gasteiger partial charge is 0.465 e. The number of rotatable bonds is 4. The maximum Gasteiger partial charge on any atom is 0.456 e. The molecule has 2 saturated carbocycles. The molecule has 6 rings (SSSR count). The molecular weight excluding hydrogens is 631 g/mol. The van der Waals surface area contributed by atoms with Gasteiger partial charge in [-0.25, -0.2) is 4.79 Å². The number of halogens is 5. The van der Waals surface area contributed by atoms with Crippen molar-refractivity contribution in [3.8, 4) is 0 Å². The molecule has 6 nitrogen and oxygen atoms in total. The third kappa shape index (κ3) is 5.60. The quantitative estimate of drug-likeness (QED) is 0.315. The van der Waals surface area contributed by atoms with Crippen LogP contribution in [0.2, 0.25) is 0 Å². The van der Waals surface area contributed by atoms with Gasteiger partial charge in [0.2, 0.25) is 0 Å². The van der Waals surface area contributed by atoms with Crippen LogP contribution in [0.1, 0.15) is 96.1 Å². The topological polar surface area (TPSA) is 81.1 Å². The van der Waals surface area contributed by atoms with E-state index in [-0.39, 0.29) is 36.0 Å². The molecule has 0 radical (unpaired) electrons. The van der Waals surface area contributed by atoms with Gasteiger partial charge in [-0.3, -0.25) is 9.69 Å². The van der Waals surface area contributed by atoms with Crippen LogP contribution in [0.5, 0.6) is 0 Å². The van der Waals surface area contributed by atoms with E-state index in [1.54, 1.807) is 6.08 Å². The van der Waals surface area contributed by atoms with Gasteiger partial charge in [0.1, 0.15) is 5.60 Å². The van der Waals surface area contributed by atoms with Gasteiger partial charge in [-0.1, -0.05) is 57.5 Å². The van der Waals surface area contributed by atoms with E-state index in [4.69, 9.17) is 0 Å². The number of carbonyl (C=O) groups is 2. The van der Waals surface area contributed by atoms with Crippen LogP contribution in [0.25, 0.3) is 0 Å². The van der Waals surface area contributed by atoms with Crippen molar-refractivity contribution in [1.82, 2.24) is 9.80 Å². The highest BCUT2D eigenvalue weighted by atomic mass is 19.4. The van der Waals surface area contributed by atoms with E-state index in [2.05, 4.69) is 4.90 Å². The predicted octanol–water partition coefficient (Wildman–Crippen LogP) is 8.12. The van der Waals surface area contributed by atoms with Crippen LogP contribution < -0.4 is 0 Å². The molecular formula is C37H47F5N2O4. The third-order valence-electron chi connectivity index (χ3n) is 12.5. The molecule has 1 heterocycles. The third-order valence-corrected chi connectivity index (χ3v) is 12.5. The van der Waals surface area contributed by atoms with Gasteiger partial charge in [0, 0.05) is 43.9 Å². The maximum absolute atomic E-state index is 15.3. The summed E-state index contributed by atoms with van der Waals surface area (Å²) < 4.78 is 72.3. The fourth-order valence-electron chi connectivity index (χ4n) is 10.00. The highest BCUT2D eigenvalue weighted by Crippen LogP contribution is 2.70. The van der Waals surface area contributed by atoms with Gasteiger partial charge in [0.25, 0.3) is 0 Å². The lowest BCUT2D eigenvalue weighted by molar-refractivity contribution is -0.362. The smallest absolute Gasteiger partial charge is 0.456 e. The van der Waals surface area contributed by atoms with Crippen LogP contribution in [0.3, 0.4) is 0 Å². The van der Waals surface area contributed by atoms with E-state index in [1.807, 2.05) is 45.0 Å². The minimum atomic E-state index is -5.89. The van der Waals surface area contributed by atoms with E-state index < -0.39 is 47.5 Å². The van der Waals surface area contributed by atoms with Crippen LogP contribution in [-0.2, 0) is 11.3 Å². The summed E-state index contributed by atoms with van der Waals surface area (Å²) in [6, 6.07) is 7.59. The standard InChI is InChI=1S/C37H47F5N2O4/c1-33(2,3)30-21-43(16-5-17-44(30)32(46)47)20-22-6-8-23(9-7-22)28-19-34(4)29(14-15-35(34,48)36(38,39)37(40,41)42)27-12-10-24-18-25(45)11-13-26(24)31(27)28/h6-9,18,27-30,48H,5,10-17,19-21H2,1-4H3,(H,46,47)/t27-,28+,29-,30?,34-,35-/m0/s1. The van der Waals surface area contributed by atoms with Crippen molar-refractivity contribution in [3.05, 3.63) is 58.2 Å². The first-order chi connectivity index (χ1) is 22.3. The van der Waals surface area contributed by atoms with Crippen molar-refractivity contribution < 1.29 is 41.8 Å². The van der Waals surface area contributed by atoms with Gasteiger partial charge < -0.3 is 15.1 Å². The number of amides is 1. The summed E-state index contributed by atoms with van der Waals surface area (Å²) in [7, 11) is 0. The van der Waals surface area contributed by atoms with Gasteiger partial charge in [-0.05, 0) is 90.5 Å². The lowest BCUT2D eigenvalue weighted by atomic mass is 9.50. The van der Waals surface area contributed by atoms with Crippen LogP contribution in [0.4, 0.5) is 26.7 Å². The first-order valence-corrected chi connectivity index (χ1v) is 17.2. The van der Waals surface area contributed by atoms with Crippen LogP contribution >= 0.6 is 0 Å². The molecule has 1 amide bonds. The lowest BCUT2D eigenvalue weighted by Crippen LogP contribution is -2.65. The summed E-state index contributed by atoms with van der Waals surface area (Å²) in [5.41, 5.74) is -0.387. The number of hydrogen-bond donors (Lipinski definition) is 2. The molecule has 5 aliphatic rings. The van der Waals surface area contributed by atoms with Gasteiger partial charge in [-0.15, -0.1) is 0 Å². The minimum Gasteiger partial charge on any atom is -0.465 e. The summed E-state index contributed by atoms with van der Waals surface area (Å²) in [4.78, 5) is 28.1. The molecule has 6 atom stereocenters. The van der Waals surface area contributed by atoms with Crippen LogP contribution in [0.15, 0.2) is 47.1 Å². The number of alkyl halides is 5. The Labute approximate surface area is 279 Å². The Hall–Kier alpha value is -2.79. The predicted molar refractivity (Wildman–Crippen MR) is 171 cm³/mol. The fraction of sp³-hybridized carbons (Fsp3) is 0.676. The second kappa shape index (κ2) is 11.9. The molecule has 4 aliphatic carbocycles. The molecule has 264 valence electrons. The SMILES string of the molecule is CC(C)(C)C1CN(Cc2ccc([C@H]3C[C@@]4(C)[C@@H](CC[C@@]4(O)C(F)(F)C(F)(F)F)[C@@H]4CCC5=CC(=O)CCC5=C43)cc2)CCCN1C(=O)O.